The van der Waals surface area contributed by atoms with Gasteiger partial charge in [-0.3, -0.25) is 4.57 Å². The van der Waals surface area contributed by atoms with Gasteiger partial charge in [-0.2, -0.15) is 8.78 Å². The summed E-state index contributed by atoms with van der Waals surface area (Å²) in [6.45, 7) is 5.40. The smallest absolute Gasteiger partial charge is 0.407 e. The normalized spacial score (nSPS) is 12.8. The molecule has 24 heavy (non-hydrogen) atoms. The lowest BCUT2D eigenvalue weighted by molar-refractivity contribution is 0.0528. The minimum Gasteiger partial charge on any atom is -0.444 e. The highest BCUT2D eigenvalue weighted by molar-refractivity contribution is 9.10. The largest absolute Gasteiger partial charge is 0.444 e. The number of benzene rings is 1. The van der Waals surface area contributed by atoms with Crippen LogP contribution in [0.3, 0.4) is 0 Å². The fourth-order valence-corrected chi connectivity index (χ4v) is 3.08. The van der Waals surface area contributed by atoms with Gasteiger partial charge in [0.25, 0.3) is 0 Å². The van der Waals surface area contributed by atoms with Crippen molar-refractivity contribution >= 4 is 29.6 Å². The van der Waals surface area contributed by atoms with Crippen LogP contribution in [0.15, 0.2) is 22.7 Å². The number of hydrogen-bond acceptors (Lipinski definition) is 3. The van der Waals surface area contributed by atoms with Crippen molar-refractivity contribution < 1.29 is 32.7 Å². The summed E-state index contributed by atoms with van der Waals surface area (Å²) in [5.74, 6) is 0. The molecule has 0 saturated carbocycles. The minimum atomic E-state index is -5.62. The van der Waals surface area contributed by atoms with Gasteiger partial charge < -0.3 is 19.8 Å². The third kappa shape index (κ3) is 5.81. The summed E-state index contributed by atoms with van der Waals surface area (Å²) < 4.78 is 43.3. The van der Waals surface area contributed by atoms with Gasteiger partial charge in [-0.15, -0.1) is 0 Å². The Bertz CT molecular complexity index is 657. The summed E-state index contributed by atoms with van der Waals surface area (Å²) in [6.07, 6.45) is -0.259. The standard InChI is InChI=1S/C14H19BrF2NO5P/c1-13(2,3)23-12(19)18-7-6-9-4-5-10(11(15)8-9)14(16,17)24(20,21)22/h4-5,8H,6-7H2,1-3H3,(H,18,19)(H2,20,21,22). The van der Waals surface area contributed by atoms with Crippen molar-refractivity contribution in [2.75, 3.05) is 6.54 Å². The molecule has 1 aromatic rings. The molecule has 1 aromatic carbocycles. The number of hydrogen-bond donors (Lipinski definition) is 3. The highest BCUT2D eigenvalue weighted by atomic mass is 79.9. The number of carbonyl (C=O) groups is 1. The Morgan fingerprint density at radius 2 is 1.92 bits per heavy atom. The zero-order chi connectivity index (χ0) is 18.8. The molecular weight excluding hydrogens is 411 g/mol. The van der Waals surface area contributed by atoms with Crippen molar-refractivity contribution in [2.24, 2.45) is 0 Å². The summed E-state index contributed by atoms with van der Waals surface area (Å²) >= 11 is 2.90. The third-order valence-electron chi connectivity index (χ3n) is 2.81. The number of halogens is 3. The van der Waals surface area contributed by atoms with Crippen LogP contribution in [0, 0.1) is 0 Å². The van der Waals surface area contributed by atoms with Crippen LogP contribution in [-0.2, 0) is 21.4 Å². The molecule has 0 atom stereocenters. The van der Waals surface area contributed by atoms with Gasteiger partial charge in [0.1, 0.15) is 5.60 Å². The monoisotopic (exact) mass is 429 g/mol. The van der Waals surface area contributed by atoms with Crippen LogP contribution in [0.1, 0.15) is 31.9 Å². The molecule has 0 aliphatic rings. The molecule has 1 amide bonds. The molecule has 6 nitrogen and oxygen atoms in total. The average Bonchev–Trinajstić information content (AvgIpc) is 2.34. The Morgan fingerprint density at radius 1 is 1.33 bits per heavy atom. The second kappa shape index (κ2) is 7.47. The van der Waals surface area contributed by atoms with E-state index in [9.17, 15) is 18.1 Å². The lowest BCUT2D eigenvalue weighted by Gasteiger charge is -2.20. The van der Waals surface area contributed by atoms with Gasteiger partial charge in [-0.1, -0.05) is 28.1 Å². The van der Waals surface area contributed by atoms with Crippen LogP contribution in [0.4, 0.5) is 13.6 Å². The molecule has 0 radical (unpaired) electrons. The minimum absolute atomic E-state index is 0.120. The SMILES string of the molecule is CC(C)(C)OC(=O)NCCc1ccc(C(F)(F)P(=O)(O)O)c(Br)c1. The second-order valence-corrected chi connectivity index (χ2v) is 8.58. The fraction of sp³-hybridized carbons (Fsp3) is 0.500. The number of alkyl carbamates (subject to hydrolysis) is 1. The maximum atomic E-state index is 13.7. The van der Waals surface area contributed by atoms with Crippen LogP contribution < -0.4 is 5.32 Å². The first-order valence-corrected chi connectivity index (χ1v) is 9.34. The van der Waals surface area contributed by atoms with Gasteiger partial charge >= 0.3 is 19.4 Å². The van der Waals surface area contributed by atoms with Gasteiger partial charge in [-0.05, 0) is 38.8 Å². The number of alkyl halides is 2. The first-order valence-electron chi connectivity index (χ1n) is 6.93. The highest BCUT2D eigenvalue weighted by Gasteiger charge is 2.51. The van der Waals surface area contributed by atoms with Crippen LogP contribution in [-0.4, -0.2) is 28.0 Å². The number of carbonyl (C=O) groups excluding carboxylic acids is 1. The van der Waals surface area contributed by atoms with Crippen LogP contribution in [0.5, 0.6) is 0 Å². The molecule has 3 N–H and O–H groups in total. The summed E-state index contributed by atoms with van der Waals surface area (Å²) in [5, 5.41) is 2.53. The van der Waals surface area contributed by atoms with E-state index in [0.717, 1.165) is 6.07 Å². The molecular formula is C14H19BrF2NO5P. The molecule has 0 bridgehead atoms. The molecule has 0 aliphatic heterocycles. The van der Waals surface area contributed by atoms with Gasteiger partial charge in [0.15, 0.2) is 0 Å². The number of rotatable bonds is 5. The zero-order valence-electron chi connectivity index (χ0n) is 13.3. The molecule has 10 heteroatoms. The van der Waals surface area contributed by atoms with Crippen molar-refractivity contribution in [3.63, 3.8) is 0 Å². The van der Waals surface area contributed by atoms with Crippen molar-refractivity contribution in [3.8, 4) is 0 Å². The molecule has 1 rings (SSSR count). The molecule has 0 aliphatic carbocycles. The highest BCUT2D eigenvalue weighted by Crippen LogP contribution is 2.60. The molecule has 0 heterocycles. The molecule has 0 aromatic heterocycles. The van der Waals surface area contributed by atoms with Gasteiger partial charge in [0.2, 0.25) is 0 Å². The van der Waals surface area contributed by atoms with E-state index in [2.05, 4.69) is 21.2 Å². The Hall–Kier alpha value is -1.02. The average molecular weight is 430 g/mol. The zero-order valence-corrected chi connectivity index (χ0v) is 15.8. The van der Waals surface area contributed by atoms with E-state index >= 15 is 0 Å². The number of nitrogens with one attached hydrogen (secondary N) is 1. The van der Waals surface area contributed by atoms with E-state index in [4.69, 9.17) is 14.5 Å². The van der Waals surface area contributed by atoms with E-state index in [1.807, 2.05) is 0 Å². The maximum Gasteiger partial charge on any atom is 0.407 e. The van der Waals surface area contributed by atoms with Gasteiger partial charge in [-0.25, -0.2) is 4.79 Å². The third-order valence-corrected chi connectivity index (χ3v) is 4.43. The molecule has 136 valence electrons. The first-order chi connectivity index (χ1) is 10.7. The van der Waals surface area contributed by atoms with Crippen molar-refractivity contribution in [2.45, 2.75) is 38.5 Å². The molecule has 0 saturated heterocycles. The lowest BCUT2D eigenvalue weighted by Crippen LogP contribution is -2.33. The molecule has 0 spiro atoms. The second-order valence-electron chi connectivity index (χ2n) is 6.08. The summed E-state index contributed by atoms with van der Waals surface area (Å²) in [4.78, 5) is 29.0. The Labute approximate surface area is 146 Å². The Kier molecular flexibility index (Phi) is 6.55. The predicted octanol–water partition coefficient (Wildman–Crippen LogP) is 3.74. The van der Waals surface area contributed by atoms with E-state index in [1.165, 1.54) is 12.1 Å². The molecule has 0 fully saturated rings. The maximum absolute atomic E-state index is 13.7. The van der Waals surface area contributed by atoms with Crippen LogP contribution in [0.2, 0.25) is 0 Å². The van der Waals surface area contributed by atoms with Crippen LogP contribution >= 0.6 is 23.5 Å². The van der Waals surface area contributed by atoms with Crippen LogP contribution in [0.25, 0.3) is 0 Å². The van der Waals surface area contributed by atoms with Crippen molar-refractivity contribution in [1.82, 2.24) is 5.32 Å². The van der Waals surface area contributed by atoms with E-state index in [1.54, 1.807) is 20.8 Å². The van der Waals surface area contributed by atoms with Gasteiger partial charge in [0.05, 0.1) is 0 Å². The first kappa shape index (κ1) is 21.0. The summed E-state index contributed by atoms with van der Waals surface area (Å²) in [6, 6.07) is 3.60. The summed E-state index contributed by atoms with van der Waals surface area (Å²) in [5.41, 5.74) is -5.09. The Morgan fingerprint density at radius 3 is 2.38 bits per heavy atom. The van der Waals surface area contributed by atoms with Crippen molar-refractivity contribution in [1.29, 1.82) is 0 Å². The van der Waals surface area contributed by atoms with Gasteiger partial charge in [0, 0.05) is 16.6 Å². The predicted molar refractivity (Wildman–Crippen MR) is 88.0 cm³/mol. The topological polar surface area (TPSA) is 95.9 Å². The molecule has 0 unspecified atom stereocenters. The van der Waals surface area contributed by atoms with E-state index < -0.39 is 30.5 Å². The van der Waals surface area contributed by atoms with Crippen molar-refractivity contribution in [3.05, 3.63) is 33.8 Å². The van der Waals surface area contributed by atoms with E-state index in [-0.39, 0.29) is 11.0 Å². The quantitative estimate of drug-likeness (QED) is 0.619. The summed E-state index contributed by atoms with van der Waals surface area (Å²) in [7, 11) is -5.62. The number of ether oxygens (including phenoxy) is 1. The van der Waals surface area contributed by atoms with E-state index in [0.29, 0.717) is 12.0 Å². The number of amides is 1. The lowest BCUT2D eigenvalue weighted by atomic mass is 10.1. The fourth-order valence-electron chi connectivity index (χ4n) is 1.74. The Balaban J connectivity index is 2.73.